The first kappa shape index (κ1) is 14.7. The summed E-state index contributed by atoms with van der Waals surface area (Å²) in [6.45, 7) is 4.71. The fourth-order valence-corrected chi connectivity index (χ4v) is 4.35. The third-order valence-corrected chi connectivity index (χ3v) is 5.69. The van der Waals surface area contributed by atoms with Crippen molar-refractivity contribution in [2.75, 3.05) is 18.4 Å². The van der Waals surface area contributed by atoms with E-state index in [1.165, 1.54) is 12.8 Å². The van der Waals surface area contributed by atoms with E-state index in [0.717, 1.165) is 49.1 Å². The van der Waals surface area contributed by atoms with Crippen molar-refractivity contribution in [3.05, 3.63) is 24.4 Å². The van der Waals surface area contributed by atoms with Gasteiger partial charge in [0.15, 0.2) is 0 Å². The second-order valence-electron chi connectivity index (χ2n) is 6.92. The molecule has 1 aromatic heterocycles. The predicted octanol–water partition coefficient (Wildman–Crippen LogP) is 2.77. The van der Waals surface area contributed by atoms with E-state index in [9.17, 15) is 4.79 Å². The Bertz CT molecular complexity index is 738. The molecule has 4 rings (SSSR count). The van der Waals surface area contributed by atoms with Crippen molar-refractivity contribution in [2.45, 2.75) is 39.2 Å². The van der Waals surface area contributed by atoms with Crippen LogP contribution in [-0.4, -0.2) is 28.8 Å². The van der Waals surface area contributed by atoms with E-state index in [1.807, 2.05) is 29.1 Å². The maximum Gasteiger partial charge on any atom is 0.232 e. The molecule has 1 aliphatic carbocycles. The summed E-state index contributed by atoms with van der Waals surface area (Å²) < 4.78 is 1.96. The fourth-order valence-electron chi connectivity index (χ4n) is 4.35. The molecule has 1 saturated carbocycles. The van der Waals surface area contributed by atoms with Crippen LogP contribution in [0.1, 0.15) is 32.6 Å². The molecule has 2 atom stereocenters. The van der Waals surface area contributed by atoms with Crippen LogP contribution in [-0.2, 0) is 11.3 Å². The van der Waals surface area contributed by atoms with E-state index >= 15 is 0 Å². The first-order chi connectivity index (χ1) is 11.2. The standard InChI is InChI=1S/C18H24N4O/c1-2-22-16-9-15(7-6-13(16)10-20-22)21-17(23)18-8-4-3-5-14(18)11-19-12-18/h6-7,9-10,14,19H,2-5,8,11-12H2,1H3,(H,21,23)/t14-,18+/m0/s1. The number of carbonyl (C=O) groups excluding carboxylic acids is 1. The smallest absolute Gasteiger partial charge is 0.232 e. The average molecular weight is 312 g/mol. The molecule has 0 unspecified atom stereocenters. The third kappa shape index (κ3) is 2.34. The molecule has 122 valence electrons. The summed E-state index contributed by atoms with van der Waals surface area (Å²) >= 11 is 0. The lowest BCUT2D eigenvalue weighted by atomic mass is 9.67. The molecule has 23 heavy (non-hydrogen) atoms. The highest BCUT2D eigenvalue weighted by Gasteiger charge is 2.49. The highest BCUT2D eigenvalue weighted by Crippen LogP contribution is 2.44. The van der Waals surface area contributed by atoms with Gasteiger partial charge in [0.05, 0.1) is 17.1 Å². The highest BCUT2D eigenvalue weighted by atomic mass is 16.2. The Morgan fingerprint density at radius 1 is 1.48 bits per heavy atom. The number of nitrogens with one attached hydrogen (secondary N) is 2. The van der Waals surface area contributed by atoms with Gasteiger partial charge >= 0.3 is 0 Å². The number of aromatic nitrogens is 2. The third-order valence-electron chi connectivity index (χ3n) is 5.69. The minimum atomic E-state index is -0.210. The minimum absolute atomic E-state index is 0.189. The number of fused-ring (bicyclic) bond motifs is 2. The van der Waals surface area contributed by atoms with Gasteiger partial charge in [0.1, 0.15) is 0 Å². The Morgan fingerprint density at radius 2 is 2.39 bits per heavy atom. The van der Waals surface area contributed by atoms with Crippen LogP contribution >= 0.6 is 0 Å². The predicted molar refractivity (Wildman–Crippen MR) is 91.3 cm³/mol. The molecule has 2 fully saturated rings. The average Bonchev–Trinajstić information content (AvgIpc) is 3.18. The molecule has 0 bridgehead atoms. The monoisotopic (exact) mass is 312 g/mol. The Morgan fingerprint density at radius 3 is 3.26 bits per heavy atom. The van der Waals surface area contributed by atoms with E-state index in [1.54, 1.807) is 0 Å². The quantitative estimate of drug-likeness (QED) is 0.916. The normalized spacial score (nSPS) is 27.1. The number of benzene rings is 1. The largest absolute Gasteiger partial charge is 0.325 e. The van der Waals surface area contributed by atoms with Crippen molar-refractivity contribution < 1.29 is 4.79 Å². The Labute approximate surface area is 136 Å². The van der Waals surface area contributed by atoms with Crippen molar-refractivity contribution in [3.63, 3.8) is 0 Å². The summed E-state index contributed by atoms with van der Waals surface area (Å²) in [4.78, 5) is 13.0. The van der Waals surface area contributed by atoms with Gasteiger partial charge in [-0.2, -0.15) is 5.10 Å². The van der Waals surface area contributed by atoms with Crippen LogP contribution in [0.25, 0.3) is 10.9 Å². The van der Waals surface area contributed by atoms with Crippen molar-refractivity contribution in [2.24, 2.45) is 11.3 Å². The lowest BCUT2D eigenvalue weighted by molar-refractivity contribution is -0.128. The van der Waals surface area contributed by atoms with Gasteiger partial charge in [0.25, 0.3) is 0 Å². The molecule has 2 aliphatic rings. The van der Waals surface area contributed by atoms with Crippen LogP contribution in [0, 0.1) is 11.3 Å². The Hall–Kier alpha value is -1.88. The molecule has 2 heterocycles. The van der Waals surface area contributed by atoms with Gasteiger partial charge in [0.2, 0.25) is 5.91 Å². The number of rotatable bonds is 3. The minimum Gasteiger partial charge on any atom is -0.325 e. The Balaban J connectivity index is 1.61. The highest BCUT2D eigenvalue weighted by molar-refractivity contribution is 5.97. The van der Waals surface area contributed by atoms with Gasteiger partial charge in [0, 0.05) is 24.2 Å². The first-order valence-corrected chi connectivity index (χ1v) is 8.71. The number of hydrogen-bond donors (Lipinski definition) is 2. The number of aryl methyl sites for hydroxylation is 1. The second-order valence-corrected chi connectivity index (χ2v) is 6.92. The zero-order chi connectivity index (χ0) is 15.9. The van der Waals surface area contributed by atoms with E-state index in [4.69, 9.17) is 0 Å². The molecular formula is C18H24N4O. The number of carbonyl (C=O) groups is 1. The number of hydrogen-bond acceptors (Lipinski definition) is 3. The molecule has 1 aliphatic heterocycles. The van der Waals surface area contributed by atoms with Gasteiger partial charge in [-0.25, -0.2) is 0 Å². The SMILES string of the molecule is CCn1ncc2ccc(NC(=O)[C@@]34CCCC[C@H]3CNC4)cc21. The van der Waals surface area contributed by atoms with E-state index < -0.39 is 0 Å². The molecular weight excluding hydrogens is 288 g/mol. The number of amides is 1. The van der Waals surface area contributed by atoms with Gasteiger partial charge in [-0.1, -0.05) is 12.8 Å². The van der Waals surface area contributed by atoms with Crippen molar-refractivity contribution in [1.29, 1.82) is 0 Å². The van der Waals surface area contributed by atoms with Crippen molar-refractivity contribution in [1.82, 2.24) is 15.1 Å². The van der Waals surface area contributed by atoms with E-state index in [0.29, 0.717) is 5.92 Å². The van der Waals surface area contributed by atoms with Crippen LogP contribution in [0.3, 0.4) is 0 Å². The van der Waals surface area contributed by atoms with Crippen molar-refractivity contribution >= 4 is 22.5 Å². The summed E-state index contributed by atoms with van der Waals surface area (Å²) in [5, 5.41) is 12.1. The van der Waals surface area contributed by atoms with Crippen LogP contribution in [0.15, 0.2) is 24.4 Å². The maximum atomic E-state index is 13.0. The first-order valence-electron chi connectivity index (χ1n) is 8.71. The van der Waals surface area contributed by atoms with Gasteiger partial charge in [-0.3, -0.25) is 9.48 Å². The lowest BCUT2D eigenvalue weighted by Crippen LogP contribution is -2.44. The lowest BCUT2D eigenvalue weighted by Gasteiger charge is -2.37. The van der Waals surface area contributed by atoms with E-state index in [2.05, 4.69) is 22.7 Å². The summed E-state index contributed by atoms with van der Waals surface area (Å²) in [5.74, 6) is 0.676. The molecule has 1 aromatic carbocycles. The molecule has 0 radical (unpaired) electrons. The van der Waals surface area contributed by atoms with Crippen LogP contribution < -0.4 is 10.6 Å². The summed E-state index contributed by atoms with van der Waals surface area (Å²) in [7, 11) is 0. The summed E-state index contributed by atoms with van der Waals surface area (Å²) in [6.07, 6.45) is 6.46. The van der Waals surface area contributed by atoms with Crippen LogP contribution in [0.4, 0.5) is 5.69 Å². The molecule has 1 amide bonds. The number of nitrogens with zero attached hydrogens (tertiary/aromatic N) is 2. The zero-order valence-electron chi connectivity index (χ0n) is 13.6. The summed E-state index contributed by atoms with van der Waals surface area (Å²) in [5.41, 5.74) is 1.74. The van der Waals surface area contributed by atoms with Crippen LogP contribution in [0.2, 0.25) is 0 Å². The molecule has 2 N–H and O–H groups in total. The van der Waals surface area contributed by atoms with E-state index in [-0.39, 0.29) is 11.3 Å². The Kier molecular flexibility index (Phi) is 3.60. The molecule has 2 aromatic rings. The summed E-state index contributed by atoms with van der Waals surface area (Å²) in [6, 6.07) is 6.06. The number of anilines is 1. The van der Waals surface area contributed by atoms with Gasteiger partial charge in [-0.15, -0.1) is 0 Å². The zero-order valence-corrected chi connectivity index (χ0v) is 13.6. The van der Waals surface area contributed by atoms with Crippen molar-refractivity contribution in [3.8, 4) is 0 Å². The maximum absolute atomic E-state index is 13.0. The van der Waals surface area contributed by atoms with Crippen LogP contribution in [0.5, 0.6) is 0 Å². The molecule has 1 saturated heterocycles. The molecule has 5 nitrogen and oxygen atoms in total. The molecule has 5 heteroatoms. The van der Waals surface area contributed by atoms with Gasteiger partial charge in [-0.05, 0) is 50.4 Å². The fraction of sp³-hybridized carbons (Fsp3) is 0.556. The molecule has 0 spiro atoms. The van der Waals surface area contributed by atoms with Gasteiger partial charge < -0.3 is 10.6 Å². The topological polar surface area (TPSA) is 59.0 Å². The second kappa shape index (κ2) is 5.64.